The van der Waals surface area contributed by atoms with E-state index in [1.54, 1.807) is 0 Å². The summed E-state index contributed by atoms with van der Waals surface area (Å²) < 4.78 is 2.12. The molecule has 0 atom stereocenters. The summed E-state index contributed by atoms with van der Waals surface area (Å²) in [6, 6.07) is 8.01. The predicted molar refractivity (Wildman–Crippen MR) is 78.7 cm³/mol. The van der Waals surface area contributed by atoms with Gasteiger partial charge in [0.25, 0.3) is 0 Å². The number of rotatable bonds is 4. The third-order valence-electron chi connectivity index (χ3n) is 3.02. The standard InChI is InChI=1S/C14H18N2OS/c1-14(2,17)6-8-16-7-5-10-3-4-11(13(15)18)9-12(10)16/h3-5,7,9,17H,6,8H2,1-2H3,(H2,15,18). The molecule has 96 valence electrons. The van der Waals surface area contributed by atoms with Gasteiger partial charge >= 0.3 is 0 Å². The van der Waals surface area contributed by atoms with Crippen LogP contribution in [0, 0.1) is 0 Å². The summed E-state index contributed by atoms with van der Waals surface area (Å²) >= 11 is 4.99. The Kier molecular flexibility index (Phi) is 3.41. The Morgan fingerprint density at radius 3 is 2.72 bits per heavy atom. The maximum Gasteiger partial charge on any atom is 0.104 e. The van der Waals surface area contributed by atoms with Crippen LogP contribution in [-0.2, 0) is 6.54 Å². The summed E-state index contributed by atoms with van der Waals surface area (Å²) in [4.78, 5) is 0.409. The van der Waals surface area contributed by atoms with Gasteiger partial charge in [-0.2, -0.15) is 0 Å². The van der Waals surface area contributed by atoms with Gasteiger partial charge in [-0.3, -0.25) is 0 Å². The van der Waals surface area contributed by atoms with Gasteiger partial charge in [0.05, 0.1) is 5.60 Å². The molecule has 1 aromatic carbocycles. The summed E-state index contributed by atoms with van der Waals surface area (Å²) in [6.45, 7) is 4.41. The van der Waals surface area contributed by atoms with Crippen LogP contribution in [0.5, 0.6) is 0 Å². The molecule has 0 radical (unpaired) electrons. The topological polar surface area (TPSA) is 51.2 Å². The first-order chi connectivity index (χ1) is 8.37. The Morgan fingerprint density at radius 1 is 1.39 bits per heavy atom. The fourth-order valence-corrected chi connectivity index (χ4v) is 2.05. The van der Waals surface area contributed by atoms with E-state index in [4.69, 9.17) is 18.0 Å². The molecule has 1 aromatic heterocycles. The van der Waals surface area contributed by atoms with Crippen molar-refractivity contribution in [3.8, 4) is 0 Å². The fraction of sp³-hybridized carbons (Fsp3) is 0.357. The lowest BCUT2D eigenvalue weighted by atomic mass is 10.1. The lowest BCUT2D eigenvalue weighted by Crippen LogP contribution is -2.20. The van der Waals surface area contributed by atoms with Crippen LogP contribution in [0.2, 0.25) is 0 Å². The second-order valence-corrected chi connectivity index (χ2v) is 5.65. The Labute approximate surface area is 112 Å². The maximum absolute atomic E-state index is 9.78. The van der Waals surface area contributed by atoms with Gasteiger partial charge in [-0.1, -0.05) is 24.4 Å². The highest BCUT2D eigenvalue weighted by atomic mass is 32.1. The molecule has 2 rings (SSSR count). The van der Waals surface area contributed by atoms with E-state index in [0.717, 1.165) is 23.0 Å². The summed E-state index contributed by atoms with van der Waals surface area (Å²) in [5.74, 6) is 0. The highest BCUT2D eigenvalue weighted by Crippen LogP contribution is 2.19. The lowest BCUT2D eigenvalue weighted by molar-refractivity contribution is 0.0666. The second-order valence-electron chi connectivity index (χ2n) is 5.21. The van der Waals surface area contributed by atoms with Gasteiger partial charge in [-0.05, 0) is 37.8 Å². The van der Waals surface area contributed by atoms with E-state index in [1.165, 1.54) is 0 Å². The molecule has 0 aliphatic carbocycles. The molecule has 0 aliphatic rings. The molecule has 0 aliphatic heterocycles. The molecule has 0 saturated carbocycles. The van der Waals surface area contributed by atoms with E-state index in [0.29, 0.717) is 11.4 Å². The summed E-state index contributed by atoms with van der Waals surface area (Å²) in [5, 5.41) is 10.9. The van der Waals surface area contributed by atoms with Gasteiger partial charge in [0.15, 0.2) is 0 Å². The molecule has 4 heteroatoms. The molecule has 0 amide bonds. The van der Waals surface area contributed by atoms with Crippen molar-refractivity contribution < 1.29 is 5.11 Å². The zero-order valence-corrected chi connectivity index (χ0v) is 11.5. The normalized spacial score (nSPS) is 11.9. The lowest BCUT2D eigenvalue weighted by Gasteiger charge is -2.17. The number of thiocarbonyl (C=S) groups is 1. The maximum atomic E-state index is 9.78. The molecule has 2 aromatic rings. The van der Waals surface area contributed by atoms with Gasteiger partial charge < -0.3 is 15.4 Å². The van der Waals surface area contributed by atoms with Gasteiger partial charge in [-0.25, -0.2) is 0 Å². The number of hydrogen-bond donors (Lipinski definition) is 2. The monoisotopic (exact) mass is 262 g/mol. The molecule has 3 N–H and O–H groups in total. The first-order valence-corrected chi connectivity index (χ1v) is 6.39. The molecule has 0 spiro atoms. The van der Waals surface area contributed by atoms with Gasteiger partial charge in [0.2, 0.25) is 0 Å². The van der Waals surface area contributed by atoms with Crippen LogP contribution in [0.15, 0.2) is 30.5 Å². The smallest absolute Gasteiger partial charge is 0.104 e. The summed E-state index contributed by atoms with van der Waals surface area (Å²) in [7, 11) is 0. The number of benzene rings is 1. The van der Waals surface area contributed by atoms with Crippen molar-refractivity contribution in [1.29, 1.82) is 0 Å². The summed E-state index contributed by atoms with van der Waals surface area (Å²) in [6.07, 6.45) is 2.73. The zero-order chi connectivity index (χ0) is 13.3. The molecule has 0 saturated heterocycles. The Balaban J connectivity index is 2.33. The Bertz CT molecular complexity index is 581. The van der Waals surface area contributed by atoms with E-state index in [2.05, 4.69) is 10.6 Å². The number of aliphatic hydroxyl groups is 1. The van der Waals surface area contributed by atoms with Gasteiger partial charge in [0, 0.05) is 23.8 Å². The molecule has 0 unspecified atom stereocenters. The minimum Gasteiger partial charge on any atom is -0.390 e. The first kappa shape index (κ1) is 13.1. The summed E-state index contributed by atoms with van der Waals surface area (Å²) in [5.41, 5.74) is 6.97. The minimum absolute atomic E-state index is 0.409. The number of fused-ring (bicyclic) bond motifs is 1. The van der Waals surface area contributed by atoms with E-state index in [-0.39, 0.29) is 0 Å². The van der Waals surface area contributed by atoms with Crippen molar-refractivity contribution in [1.82, 2.24) is 4.57 Å². The fourth-order valence-electron chi connectivity index (χ4n) is 1.93. The van der Waals surface area contributed by atoms with Crippen LogP contribution in [0.25, 0.3) is 10.9 Å². The molecule has 3 nitrogen and oxygen atoms in total. The van der Waals surface area contributed by atoms with Crippen LogP contribution >= 0.6 is 12.2 Å². The number of nitrogens with two attached hydrogens (primary N) is 1. The zero-order valence-electron chi connectivity index (χ0n) is 10.7. The van der Waals surface area contributed by atoms with E-state index in [1.807, 2.05) is 38.2 Å². The van der Waals surface area contributed by atoms with Crippen molar-refractivity contribution in [2.45, 2.75) is 32.4 Å². The Morgan fingerprint density at radius 2 is 2.11 bits per heavy atom. The first-order valence-electron chi connectivity index (χ1n) is 5.98. The largest absolute Gasteiger partial charge is 0.390 e. The molecule has 18 heavy (non-hydrogen) atoms. The average molecular weight is 262 g/mol. The van der Waals surface area contributed by atoms with Crippen LogP contribution in [0.1, 0.15) is 25.8 Å². The van der Waals surface area contributed by atoms with Crippen molar-refractivity contribution in [3.05, 3.63) is 36.0 Å². The van der Waals surface area contributed by atoms with Crippen molar-refractivity contribution in [2.24, 2.45) is 5.73 Å². The average Bonchev–Trinajstić information content (AvgIpc) is 2.67. The number of aryl methyl sites for hydroxylation is 1. The molecule has 0 bridgehead atoms. The number of aromatic nitrogens is 1. The molecule has 1 heterocycles. The van der Waals surface area contributed by atoms with E-state index >= 15 is 0 Å². The van der Waals surface area contributed by atoms with E-state index < -0.39 is 5.60 Å². The third kappa shape index (κ3) is 2.89. The Hall–Kier alpha value is -1.39. The molecule has 0 fully saturated rings. The van der Waals surface area contributed by atoms with Crippen LogP contribution in [0.3, 0.4) is 0 Å². The van der Waals surface area contributed by atoms with Crippen LogP contribution in [0.4, 0.5) is 0 Å². The number of nitrogens with zero attached hydrogens (tertiary/aromatic N) is 1. The highest BCUT2D eigenvalue weighted by Gasteiger charge is 2.13. The van der Waals surface area contributed by atoms with Crippen molar-refractivity contribution in [2.75, 3.05) is 0 Å². The van der Waals surface area contributed by atoms with Crippen molar-refractivity contribution >= 4 is 28.1 Å². The third-order valence-corrected chi connectivity index (χ3v) is 3.26. The highest BCUT2D eigenvalue weighted by molar-refractivity contribution is 7.80. The van der Waals surface area contributed by atoms with Crippen molar-refractivity contribution in [3.63, 3.8) is 0 Å². The van der Waals surface area contributed by atoms with Gasteiger partial charge in [-0.15, -0.1) is 0 Å². The molecular weight excluding hydrogens is 244 g/mol. The quantitative estimate of drug-likeness (QED) is 0.832. The predicted octanol–water partition coefficient (Wildman–Crippen LogP) is 2.44. The molecular formula is C14H18N2OS. The van der Waals surface area contributed by atoms with Crippen LogP contribution in [-0.4, -0.2) is 20.3 Å². The van der Waals surface area contributed by atoms with Gasteiger partial charge in [0.1, 0.15) is 4.99 Å². The SMILES string of the molecule is CC(C)(O)CCn1ccc2ccc(C(N)=S)cc21. The second kappa shape index (κ2) is 4.71. The number of hydrogen-bond acceptors (Lipinski definition) is 2. The van der Waals surface area contributed by atoms with E-state index in [9.17, 15) is 5.11 Å². The minimum atomic E-state index is -0.655. The van der Waals surface area contributed by atoms with Crippen LogP contribution < -0.4 is 5.73 Å².